The summed E-state index contributed by atoms with van der Waals surface area (Å²) in [5.74, 6) is -0.238. The van der Waals surface area contributed by atoms with Crippen molar-refractivity contribution in [3.63, 3.8) is 0 Å². The van der Waals surface area contributed by atoms with Crippen LogP contribution in [0.1, 0.15) is 28.7 Å². The number of anilines is 1. The van der Waals surface area contributed by atoms with Gasteiger partial charge in [0.25, 0.3) is 5.91 Å². The molecule has 5 nitrogen and oxygen atoms in total. The summed E-state index contributed by atoms with van der Waals surface area (Å²) in [7, 11) is 0. The monoisotopic (exact) mass is 368 g/mol. The molecule has 3 heterocycles. The Labute approximate surface area is 153 Å². The summed E-state index contributed by atoms with van der Waals surface area (Å²) in [6.45, 7) is 4.12. The molecule has 3 aromatic heterocycles. The first-order valence-corrected chi connectivity index (χ1v) is 9.69. The number of carbonyl (C=O) groups is 1. The predicted octanol–water partition coefficient (Wildman–Crippen LogP) is 4.64. The highest BCUT2D eigenvalue weighted by Crippen LogP contribution is 2.26. The molecule has 0 saturated heterocycles. The van der Waals surface area contributed by atoms with E-state index in [1.165, 1.54) is 28.2 Å². The zero-order valence-electron chi connectivity index (χ0n) is 13.8. The molecule has 0 aliphatic carbocycles. The second kappa shape index (κ2) is 6.42. The van der Waals surface area contributed by atoms with Crippen molar-refractivity contribution < 1.29 is 4.79 Å². The fraction of sp³-hybridized carbons (Fsp3) is 0.167. The fourth-order valence-electron chi connectivity index (χ4n) is 2.54. The number of fused-ring (bicyclic) bond motifs is 1. The topological polar surface area (TPSA) is 59.3 Å². The van der Waals surface area contributed by atoms with E-state index >= 15 is 0 Å². The Morgan fingerprint density at radius 3 is 2.68 bits per heavy atom. The summed E-state index contributed by atoms with van der Waals surface area (Å²) < 4.78 is 1.92. The Morgan fingerprint density at radius 2 is 1.96 bits per heavy atom. The molecule has 0 bridgehead atoms. The molecule has 0 fully saturated rings. The molecule has 0 aliphatic heterocycles. The molecule has 25 heavy (non-hydrogen) atoms. The van der Waals surface area contributed by atoms with Crippen LogP contribution >= 0.6 is 22.7 Å². The van der Waals surface area contributed by atoms with Gasteiger partial charge in [-0.05, 0) is 18.9 Å². The molecular weight excluding hydrogens is 352 g/mol. The minimum atomic E-state index is -0.238. The molecule has 1 N–H and O–H groups in total. The summed E-state index contributed by atoms with van der Waals surface area (Å²) in [4.78, 5) is 22.1. The summed E-state index contributed by atoms with van der Waals surface area (Å²) in [6, 6.07) is 8.33. The van der Waals surface area contributed by atoms with Gasteiger partial charge in [-0.15, -0.1) is 22.7 Å². The number of carbonyl (C=O) groups excluding carboxylic acids is 1. The van der Waals surface area contributed by atoms with Gasteiger partial charge in [0.15, 0.2) is 10.1 Å². The fourth-order valence-corrected chi connectivity index (χ4v) is 4.10. The standard InChI is InChI=1S/C18H16N4OS2/c1-3-12-4-6-13(7-5-12)15-10-24-17(19-15)21-16(23)14-8-22-11(2)9-25-18(22)20-14/h4-10H,3H2,1-2H3,(H,19,21,23). The second-order valence-electron chi connectivity index (χ2n) is 5.70. The van der Waals surface area contributed by atoms with Gasteiger partial charge >= 0.3 is 0 Å². The zero-order chi connectivity index (χ0) is 17.4. The highest BCUT2D eigenvalue weighted by molar-refractivity contribution is 7.15. The summed E-state index contributed by atoms with van der Waals surface area (Å²) in [6.07, 6.45) is 2.77. The molecule has 0 unspecified atom stereocenters. The number of imidazole rings is 1. The van der Waals surface area contributed by atoms with Crippen LogP contribution in [0.25, 0.3) is 16.2 Å². The molecule has 7 heteroatoms. The van der Waals surface area contributed by atoms with E-state index in [0.29, 0.717) is 10.8 Å². The van der Waals surface area contributed by atoms with Crippen LogP contribution in [0.3, 0.4) is 0 Å². The van der Waals surface area contributed by atoms with Gasteiger partial charge in [0.2, 0.25) is 0 Å². The number of hydrogen-bond donors (Lipinski definition) is 1. The van der Waals surface area contributed by atoms with Crippen LogP contribution in [0.2, 0.25) is 0 Å². The lowest BCUT2D eigenvalue weighted by Gasteiger charge is -2.00. The Kier molecular flexibility index (Phi) is 4.10. The van der Waals surface area contributed by atoms with Crippen molar-refractivity contribution in [1.82, 2.24) is 14.4 Å². The van der Waals surface area contributed by atoms with Crippen LogP contribution in [-0.2, 0) is 6.42 Å². The highest BCUT2D eigenvalue weighted by Gasteiger charge is 2.15. The Balaban J connectivity index is 1.52. The quantitative estimate of drug-likeness (QED) is 0.571. The Hall–Kier alpha value is -2.51. The number of benzene rings is 1. The van der Waals surface area contributed by atoms with Gasteiger partial charge in [0, 0.05) is 28.2 Å². The number of rotatable bonds is 4. The van der Waals surface area contributed by atoms with E-state index < -0.39 is 0 Å². The normalized spacial score (nSPS) is 11.1. The molecule has 1 amide bonds. The molecule has 0 saturated carbocycles. The SMILES string of the molecule is CCc1ccc(-c2csc(NC(=O)c3cn4c(C)csc4n3)n2)cc1. The first-order valence-electron chi connectivity index (χ1n) is 7.93. The minimum Gasteiger partial charge on any atom is -0.296 e. The van der Waals surface area contributed by atoms with Crippen LogP contribution in [0.5, 0.6) is 0 Å². The van der Waals surface area contributed by atoms with E-state index in [9.17, 15) is 4.79 Å². The summed E-state index contributed by atoms with van der Waals surface area (Å²) in [5, 5.41) is 7.38. The van der Waals surface area contributed by atoms with Gasteiger partial charge in [-0.2, -0.15) is 0 Å². The predicted molar refractivity (Wildman–Crippen MR) is 103 cm³/mol. The number of thiazole rings is 2. The molecule has 126 valence electrons. The molecular formula is C18H16N4OS2. The van der Waals surface area contributed by atoms with E-state index in [1.54, 1.807) is 6.20 Å². The molecule has 4 rings (SSSR count). The van der Waals surface area contributed by atoms with Gasteiger partial charge in [-0.1, -0.05) is 31.2 Å². The van der Waals surface area contributed by atoms with E-state index in [0.717, 1.165) is 28.3 Å². The van der Waals surface area contributed by atoms with Crippen molar-refractivity contribution in [2.45, 2.75) is 20.3 Å². The zero-order valence-corrected chi connectivity index (χ0v) is 15.4. The van der Waals surface area contributed by atoms with Crippen LogP contribution in [0.15, 0.2) is 41.2 Å². The molecule has 0 spiro atoms. The van der Waals surface area contributed by atoms with E-state index in [-0.39, 0.29) is 5.91 Å². The first-order chi connectivity index (χ1) is 12.1. The number of hydrogen-bond acceptors (Lipinski definition) is 5. The Morgan fingerprint density at radius 1 is 1.16 bits per heavy atom. The second-order valence-corrected chi connectivity index (χ2v) is 7.39. The van der Waals surface area contributed by atoms with Gasteiger partial charge in [-0.3, -0.25) is 14.5 Å². The number of amides is 1. The van der Waals surface area contributed by atoms with Crippen molar-refractivity contribution >= 4 is 38.7 Å². The van der Waals surface area contributed by atoms with Gasteiger partial charge in [0.1, 0.15) is 5.69 Å². The molecule has 0 atom stereocenters. The first kappa shape index (κ1) is 16.0. The maximum Gasteiger partial charge on any atom is 0.277 e. The van der Waals surface area contributed by atoms with Gasteiger partial charge in [0.05, 0.1) is 5.69 Å². The third-order valence-electron chi connectivity index (χ3n) is 4.00. The lowest BCUT2D eigenvalue weighted by molar-refractivity contribution is 0.102. The third-order valence-corrected chi connectivity index (χ3v) is 5.72. The van der Waals surface area contributed by atoms with E-state index in [4.69, 9.17) is 0 Å². The maximum atomic E-state index is 12.4. The minimum absolute atomic E-state index is 0.238. The lowest BCUT2D eigenvalue weighted by Crippen LogP contribution is -2.12. The smallest absolute Gasteiger partial charge is 0.277 e. The highest BCUT2D eigenvalue weighted by atomic mass is 32.1. The van der Waals surface area contributed by atoms with Crippen molar-refractivity contribution in [3.8, 4) is 11.3 Å². The van der Waals surface area contributed by atoms with Crippen LogP contribution in [-0.4, -0.2) is 20.3 Å². The largest absolute Gasteiger partial charge is 0.296 e. The van der Waals surface area contributed by atoms with Crippen LogP contribution in [0, 0.1) is 6.92 Å². The molecule has 0 radical (unpaired) electrons. The molecule has 4 aromatic rings. The van der Waals surface area contributed by atoms with E-state index in [1.807, 2.05) is 22.1 Å². The number of aromatic nitrogens is 3. The summed E-state index contributed by atoms with van der Waals surface area (Å²) in [5.41, 5.74) is 4.68. The Bertz CT molecular complexity index is 1040. The summed E-state index contributed by atoms with van der Waals surface area (Å²) >= 11 is 2.94. The van der Waals surface area contributed by atoms with E-state index in [2.05, 4.69) is 46.5 Å². The number of nitrogens with zero attached hydrogens (tertiary/aromatic N) is 3. The van der Waals surface area contributed by atoms with Gasteiger partial charge < -0.3 is 0 Å². The van der Waals surface area contributed by atoms with Crippen LogP contribution < -0.4 is 5.32 Å². The molecule has 1 aromatic carbocycles. The van der Waals surface area contributed by atoms with Crippen molar-refractivity contribution in [1.29, 1.82) is 0 Å². The number of aryl methyl sites for hydroxylation is 2. The van der Waals surface area contributed by atoms with Crippen molar-refractivity contribution in [2.24, 2.45) is 0 Å². The van der Waals surface area contributed by atoms with Crippen molar-refractivity contribution in [3.05, 3.63) is 58.2 Å². The van der Waals surface area contributed by atoms with Crippen molar-refractivity contribution in [2.75, 3.05) is 5.32 Å². The maximum absolute atomic E-state index is 12.4. The molecule has 0 aliphatic rings. The number of nitrogens with one attached hydrogen (secondary N) is 1. The lowest BCUT2D eigenvalue weighted by atomic mass is 10.1. The average molecular weight is 368 g/mol. The van der Waals surface area contributed by atoms with Gasteiger partial charge in [-0.25, -0.2) is 9.97 Å². The van der Waals surface area contributed by atoms with Crippen LogP contribution in [0.4, 0.5) is 5.13 Å². The average Bonchev–Trinajstić information content (AvgIpc) is 3.33. The third kappa shape index (κ3) is 3.08.